The maximum absolute atomic E-state index is 13.3. The van der Waals surface area contributed by atoms with E-state index in [1.54, 1.807) is 0 Å². The molecule has 0 aliphatic carbocycles. The summed E-state index contributed by atoms with van der Waals surface area (Å²) in [7, 11) is 0. The van der Waals surface area contributed by atoms with E-state index < -0.39 is 17.7 Å². The van der Waals surface area contributed by atoms with Crippen molar-refractivity contribution in [2.45, 2.75) is 19.9 Å². The van der Waals surface area contributed by atoms with Crippen molar-refractivity contribution in [3.05, 3.63) is 69.2 Å². The van der Waals surface area contributed by atoms with Crippen molar-refractivity contribution in [1.82, 2.24) is 0 Å². The van der Waals surface area contributed by atoms with Crippen LogP contribution in [0.2, 0.25) is 5.02 Å². The highest BCUT2D eigenvalue weighted by Crippen LogP contribution is 2.30. The molecule has 2 N–H and O–H groups in total. The summed E-state index contributed by atoms with van der Waals surface area (Å²) in [5.74, 6) is -1.91. The molecule has 0 saturated carbocycles. The van der Waals surface area contributed by atoms with E-state index in [4.69, 9.17) is 17.3 Å². The first-order valence-corrected chi connectivity index (χ1v) is 6.25. The van der Waals surface area contributed by atoms with E-state index in [0.717, 1.165) is 28.8 Å². The lowest BCUT2D eigenvalue weighted by molar-refractivity contribution is 0.506. The minimum absolute atomic E-state index is 0.132. The monoisotopic (exact) mass is 281 g/mol. The molecule has 0 aromatic heterocycles. The Bertz CT molecular complexity index is 626. The summed E-state index contributed by atoms with van der Waals surface area (Å²) in [5.41, 5.74) is 9.48. The van der Waals surface area contributed by atoms with Gasteiger partial charge in [0.15, 0.2) is 11.6 Å². The zero-order chi connectivity index (χ0) is 14.2. The third-order valence-corrected chi connectivity index (χ3v) is 3.68. The zero-order valence-electron chi connectivity index (χ0n) is 10.7. The number of nitrogens with two attached hydrogens (primary N) is 1. The zero-order valence-corrected chi connectivity index (χ0v) is 11.4. The van der Waals surface area contributed by atoms with Crippen LogP contribution in [0.15, 0.2) is 30.3 Å². The van der Waals surface area contributed by atoms with Gasteiger partial charge < -0.3 is 5.73 Å². The second-order valence-electron chi connectivity index (χ2n) is 4.55. The summed E-state index contributed by atoms with van der Waals surface area (Å²) in [5, 5.41) is 0.132. The summed E-state index contributed by atoms with van der Waals surface area (Å²) in [6.45, 7) is 3.91. The Kier molecular flexibility index (Phi) is 3.88. The Balaban J connectivity index is 2.53. The summed E-state index contributed by atoms with van der Waals surface area (Å²) < 4.78 is 26.4. The molecule has 2 aromatic rings. The molecule has 0 bridgehead atoms. The van der Waals surface area contributed by atoms with Crippen molar-refractivity contribution in [2.75, 3.05) is 0 Å². The van der Waals surface area contributed by atoms with Crippen molar-refractivity contribution in [3.63, 3.8) is 0 Å². The van der Waals surface area contributed by atoms with Gasteiger partial charge in [0.1, 0.15) is 0 Å². The fraction of sp³-hybridized carbons (Fsp3) is 0.200. The number of halogens is 3. The van der Waals surface area contributed by atoms with Crippen LogP contribution in [0.3, 0.4) is 0 Å². The first-order chi connectivity index (χ1) is 8.91. The largest absolute Gasteiger partial charge is 0.320 e. The summed E-state index contributed by atoms with van der Waals surface area (Å²) in [6, 6.07) is 7.15. The second-order valence-corrected chi connectivity index (χ2v) is 4.96. The van der Waals surface area contributed by atoms with E-state index in [2.05, 4.69) is 0 Å². The van der Waals surface area contributed by atoms with Crippen molar-refractivity contribution in [2.24, 2.45) is 5.73 Å². The Morgan fingerprint density at radius 3 is 2.37 bits per heavy atom. The van der Waals surface area contributed by atoms with Gasteiger partial charge >= 0.3 is 0 Å². The lowest BCUT2D eigenvalue weighted by Crippen LogP contribution is -2.15. The molecule has 0 heterocycles. The van der Waals surface area contributed by atoms with E-state index in [0.29, 0.717) is 5.56 Å². The molecule has 0 spiro atoms. The van der Waals surface area contributed by atoms with Gasteiger partial charge in [0.2, 0.25) is 0 Å². The van der Waals surface area contributed by atoms with Gasteiger partial charge in [-0.25, -0.2) is 8.78 Å². The number of hydrogen-bond donors (Lipinski definition) is 1. The van der Waals surface area contributed by atoms with Gasteiger partial charge in [-0.3, -0.25) is 0 Å². The Hall–Kier alpha value is -1.45. The predicted octanol–water partition coefficient (Wildman–Crippen LogP) is 4.28. The highest BCUT2D eigenvalue weighted by Gasteiger charge is 2.18. The van der Waals surface area contributed by atoms with E-state index in [1.807, 2.05) is 32.0 Å². The quantitative estimate of drug-likeness (QED) is 0.817. The topological polar surface area (TPSA) is 26.0 Å². The van der Waals surface area contributed by atoms with Gasteiger partial charge in [0, 0.05) is 5.02 Å². The maximum Gasteiger partial charge on any atom is 0.160 e. The molecule has 1 nitrogen and oxygen atoms in total. The average Bonchev–Trinajstić information content (AvgIpc) is 2.36. The van der Waals surface area contributed by atoms with E-state index in [1.165, 1.54) is 0 Å². The molecule has 0 radical (unpaired) electrons. The van der Waals surface area contributed by atoms with Crippen molar-refractivity contribution in [3.8, 4) is 0 Å². The smallest absolute Gasteiger partial charge is 0.160 e. The van der Waals surface area contributed by atoms with Gasteiger partial charge in [0.05, 0.1) is 6.04 Å². The van der Waals surface area contributed by atoms with Gasteiger partial charge in [-0.1, -0.05) is 29.8 Å². The van der Waals surface area contributed by atoms with E-state index >= 15 is 0 Å². The Morgan fingerprint density at radius 2 is 1.68 bits per heavy atom. The van der Waals surface area contributed by atoms with Crippen LogP contribution in [0.1, 0.15) is 28.3 Å². The fourth-order valence-corrected chi connectivity index (χ4v) is 2.32. The van der Waals surface area contributed by atoms with Crippen LogP contribution in [-0.4, -0.2) is 0 Å². The lowest BCUT2D eigenvalue weighted by Gasteiger charge is -2.18. The molecule has 1 unspecified atom stereocenters. The molecule has 0 aliphatic rings. The van der Waals surface area contributed by atoms with Crippen LogP contribution < -0.4 is 5.73 Å². The van der Waals surface area contributed by atoms with Crippen molar-refractivity contribution >= 4 is 11.6 Å². The normalized spacial score (nSPS) is 12.5. The molecule has 100 valence electrons. The van der Waals surface area contributed by atoms with Crippen molar-refractivity contribution < 1.29 is 8.78 Å². The standard InChI is InChI=1S/C15H14ClF2N/c1-8-4-3-5-10(9(8)2)15(19)11-6-13(17)14(18)7-12(11)16/h3-7,15H,19H2,1-2H3. The first kappa shape index (κ1) is 14.0. The third kappa shape index (κ3) is 2.62. The first-order valence-electron chi connectivity index (χ1n) is 5.88. The molecule has 2 aromatic carbocycles. The number of hydrogen-bond acceptors (Lipinski definition) is 1. The Morgan fingerprint density at radius 1 is 1.05 bits per heavy atom. The number of benzene rings is 2. The molecule has 2 rings (SSSR count). The van der Waals surface area contributed by atoms with E-state index in [9.17, 15) is 8.78 Å². The van der Waals surface area contributed by atoms with Crippen LogP contribution in [0.4, 0.5) is 8.78 Å². The second kappa shape index (κ2) is 5.27. The van der Waals surface area contributed by atoms with Crippen LogP contribution in [0.5, 0.6) is 0 Å². The molecular formula is C15H14ClF2N. The van der Waals surface area contributed by atoms with Crippen LogP contribution in [0, 0.1) is 25.5 Å². The molecule has 4 heteroatoms. The van der Waals surface area contributed by atoms with Gasteiger partial charge in [-0.05, 0) is 48.2 Å². The van der Waals surface area contributed by atoms with Gasteiger partial charge in [-0.15, -0.1) is 0 Å². The van der Waals surface area contributed by atoms with Gasteiger partial charge in [-0.2, -0.15) is 0 Å². The minimum Gasteiger partial charge on any atom is -0.320 e. The van der Waals surface area contributed by atoms with Gasteiger partial charge in [0.25, 0.3) is 0 Å². The van der Waals surface area contributed by atoms with E-state index in [-0.39, 0.29) is 5.02 Å². The number of aryl methyl sites for hydroxylation is 1. The molecule has 0 fully saturated rings. The highest BCUT2D eigenvalue weighted by atomic mass is 35.5. The predicted molar refractivity (Wildman–Crippen MR) is 73.3 cm³/mol. The highest BCUT2D eigenvalue weighted by molar-refractivity contribution is 6.31. The molecule has 19 heavy (non-hydrogen) atoms. The molecule has 0 saturated heterocycles. The number of rotatable bonds is 2. The molecule has 1 atom stereocenters. The Labute approximate surface area is 116 Å². The summed E-state index contributed by atoms with van der Waals surface area (Å²) in [6.07, 6.45) is 0. The van der Waals surface area contributed by atoms with Crippen LogP contribution >= 0.6 is 11.6 Å². The van der Waals surface area contributed by atoms with Crippen LogP contribution in [0.25, 0.3) is 0 Å². The molecule has 0 aliphatic heterocycles. The van der Waals surface area contributed by atoms with Crippen molar-refractivity contribution in [1.29, 1.82) is 0 Å². The lowest BCUT2D eigenvalue weighted by atomic mass is 9.93. The average molecular weight is 282 g/mol. The fourth-order valence-electron chi connectivity index (χ4n) is 2.05. The third-order valence-electron chi connectivity index (χ3n) is 3.36. The molecular weight excluding hydrogens is 268 g/mol. The SMILES string of the molecule is Cc1cccc(C(N)c2cc(F)c(F)cc2Cl)c1C. The van der Waals surface area contributed by atoms with Crippen LogP contribution in [-0.2, 0) is 0 Å². The summed E-state index contributed by atoms with van der Waals surface area (Å²) >= 11 is 5.95. The maximum atomic E-state index is 13.3. The molecule has 0 amide bonds. The summed E-state index contributed by atoms with van der Waals surface area (Å²) in [4.78, 5) is 0. The minimum atomic E-state index is -0.970.